The predicted octanol–water partition coefficient (Wildman–Crippen LogP) is 3.64. The van der Waals surface area contributed by atoms with Crippen LogP contribution in [0.3, 0.4) is 0 Å². The number of halogens is 1. The van der Waals surface area contributed by atoms with Crippen LogP contribution in [0.2, 0.25) is 0 Å². The standard InChI is InChI=1S/C13H22IN3O/c1-6-7-15-11-9(14)8-16-12(17-11)10(18-5)13(2,3)4/h8,10H,6-7H2,1-5H3,(H,15,16,17). The third-order valence-electron chi connectivity index (χ3n) is 2.56. The van der Waals surface area contributed by atoms with Crippen LogP contribution in [0.4, 0.5) is 5.82 Å². The summed E-state index contributed by atoms with van der Waals surface area (Å²) in [6.45, 7) is 9.43. The van der Waals surface area contributed by atoms with E-state index in [1.54, 1.807) is 7.11 Å². The lowest BCUT2D eigenvalue weighted by Crippen LogP contribution is -2.23. The molecule has 0 aliphatic rings. The van der Waals surface area contributed by atoms with E-state index in [1.165, 1.54) is 0 Å². The fourth-order valence-electron chi connectivity index (χ4n) is 1.72. The molecule has 1 rings (SSSR count). The van der Waals surface area contributed by atoms with Gasteiger partial charge in [-0.1, -0.05) is 27.7 Å². The van der Waals surface area contributed by atoms with Gasteiger partial charge in [0.25, 0.3) is 0 Å². The van der Waals surface area contributed by atoms with Gasteiger partial charge in [0.15, 0.2) is 5.82 Å². The fourth-order valence-corrected chi connectivity index (χ4v) is 2.17. The molecule has 4 nitrogen and oxygen atoms in total. The van der Waals surface area contributed by atoms with E-state index in [9.17, 15) is 0 Å². The number of methoxy groups -OCH3 is 1. The first-order valence-corrected chi connectivity index (χ1v) is 7.27. The number of hydrogen-bond acceptors (Lipinski definition) is 4. The minimum absolute atomic E-state index is 0.0242. The Morgan fingerprint density at radius 2 is 2.11 bits per heavy atom. The summed E-state index contributed by atoms with van der Waals surface area (Å²) in [6.07, 6.45) is 2.82. The van der Waals surface area contributed by atoms with Crippen molar-refractivity contribution in [3.8, 4) is 0 Å². The molecule has 1 unspecified atom stereocenters. The Bertz CT molecular complexity index is 390. The summed E-state index contributed by atoms with van der Waals surface area (Å²) in [6, 6.07) is 0. The average Bonchev–Trinajstić information content (AvgIpc) is 2.28. The number of hydrogen-bond donors (Lipinski definition) is 1. The molecule has 1 N–H and O–H groups in total. The molecule has 5 heteroatoms. The highest BCUT2D eigenvalue weighted by molar-refractivity contribution is 14.1. The first-order valence-electron chi connectivity index (χ1n) is 6.19. The number of aromatic nitrogens is 2. The van der Waals surface area contributed by atoms with Gasteiger partial charge < -0.3 is 10.1 Å². The summed E-state index contributed by atoms with van der Waals surface area (Å²) >= 11 is 2.24. The number of nitrogens with zero attached hydrogens (tertiary/aromatic N) is 2. The van der Waals surface area contributed by atoms with Crippen LogP contribution < -0.4 is 5.32 Å². The number of rotatable bonds is 5. The monoisotopic (exact) mass is 363 g/mol. The van der Waals surface area contributed by atoms with Crippen molar-refractivity contribution in [2.45, 2.75) is 40.2 Å². The van der Waals surface area contributed by atoms with Gasteiger partial charge in [-0.3, -0.25) is 0 Å². The van der Waals surface area contributed by atoms with Crippen molar-refractivity contribution < 1.29 is 4.74 Å². The Kier molecular flexibility index (Phi) is 5.78. The Labute approximate surface area is 123 Å². The van der Waals surface area contributed by atoms with Crippen molar-refractivity contribution >= 4 is 28.4 Å². The van der Waals surface area contributed by atoms with Crippen molar-refractivity contribution in [3.63, 3.8) is 0 Å². The molecule has 0 saturated carbocycles. The molecule has 1 atom stereocenters. The van der Waals surface area contributed by atoms with Gasteiger partial charge in [0.05, 0.1) is 3.57 Å². The van der Waals surface area contributed by atoms with Crippen LogP contribution in [-0.4, -0.2) is 23.6 Å². The zero-order valence-electron chi connectivity index (χ0n) is 11.7. The highest BCUT2D eigenvalue weighted by Gasteiger charge is 2.29. The van der Waals surface area contributed by atoms with E-state index in [0.29, 0.717) is 0 Å². The summed E-state index contributed by atoms with van der Waals surface area (Å²) in [4.78, 5) is 8.99. The van der Waals surface area contributed by atoms with E-state index in [2.05, 4.69) is 65.6 Å². The van der Waals surface area contributed by atoms with Crippen molar-refractivity contribution in [2.24, 2.45) is 5.41 Å². The second kappa shape index (κ2) is 6.65. The third kappa shape index (κ3) is 4.05. The lowest BCUT2D eigenvalue weighted by atomic mass is 9.88. The van der Waals surface area contributed by atoms with Gasteiger partial charge in [0.1, 0.15) is 11.9 Å². The normalized spacial score (nSPS) is 13.4. The van der Waals surface area contributed by atoms with E-state index < -0.39 is 0 Å². The van der Waals surface area contributed by atoms with Crippen LogP contribution in [-0.2, 0) is 4.74 Å². The van der Waals surface area contributed by atoms with E-state index in [-0.39, 0.29) is 11.5 Å². The van der Waals surface area contributed by atoms with Gasteiger partial charge in [-0.2, -0.15) is 0 Å². The molecule has 0 bridgehead atoms. The maximum absolute atomic E-state index is 5.54. The Morgan fingerprint density at radius 3 is 2.61 bits per heavy atom. The van der Waals surface area contributed by atoms with Crippen LogP contribution in [0.15, 0.2) is 6.20 Å². The maximum atomic E-state index is 5.54. The van der Waals surface area contributed by atoms with E-state index in [1.807, 2.05) is 6.20 Å². The van der Waals surface area contributed by atoms with Crippen molar-refractivity contribution in [3.05, 3.63) is 15.6 Å². The summed E-state index contributed by atoms with van der Waals surface area (Å²) in [5.74, 6) is 1.64. The summed E-state index contributed by atoms with van der Waals surface area (Å²) in [5, 5.41) is 3.32. The second-order valence-corrected chi connectivity index (χ2v) is 6.50. The minimum Gasteiger partial charge on any atom is -0.373 e. The lowest BCUT2D eigenvalue weighted by Gasteiger charge is -2.28. The third-order valence-corrected chi connectivity index (χ3v) is 3.35. The molecule has 1 heterocycles. The molecule has 1 aromatic heterocycles. The Morgan fingerprint density at radius 1 is 1.44 bits per heavy atom. The van der Waals surface area contributed by atoms with Gasteiger partial charge in [0.2, 0.25) is 0 Å². The van der Waals surface area contributed by atoms with E-state index in [4.69, 9.17) is 4.74 Å². The molecule has 0 spiro atoms. The van der Waals surface area contributed by atoms with Gasteiger partial charge in [-0.25, -0.2) is 9.97 Å². The predicted molar refractivity (Wildman–Crippen MR) is 82.7 cm³/mol. The summed E-state index contributed by atoms with van der Waals surface area (Å²) < 4.78 is 6.58. The topological polar surface area (TPSA) is 47.0 Å². The average molecular weight is 363 g/mol. The molecular weight excluding hydrogens is 341 g/mol. The number of ether oxygens (including phenoxy) is 1. The Balaban J connectivity index is 3.02. The van der Waals surface area contributed by atoms with Gasteiger partial charge in [-0.15, -0.1) is 0 Å². The zero-order valence-corrected chi connectivity index (χ0v) is 13.9. The molecule has 0 aliphatic heterocycles. The second-order valence-electron chi connectivity index (χ2n) is 5.33. The van der Waals surface area contributed by atoms with Crippen molar-refractivity contribution in [1.29, 1.82) is 0 Å². The van der Waals surface area contributed by atoms with Crippen molar-refractivity contribution in [2.75, 3.05) is 19.0 Å². The molecule has 0 aliphatic carbocycles. The van der Waals surface area contributed by atoms with Crippen molar-refractivity contribution in [1.82, 2.24) is 9.97 Å². The van der Waals surface area contributed by atoms with Gasteiger partial charge >= 0.3 is 0 Å². The number of nitrogens with one attached hydrogen (secondary N) is 1. The quantitative estimate of drug-likeness (QED) is 0.812. The van der Waals surface area contributed by atoms with Gasteiger partial charge in [-0.05, 0) is 34.4 Å². The molecule has 0 radical (unpaired) electrons. The smallest absolute Gasteiger partial charge is 0.160 e. The maximum Gasteiger partial charge on any atom is 0.160 e. The molecule has 18 heavy (non-hydrogen) atoms. The van der Waals surface area contributed by atoms with Crippen LogP contribution in [0.25, 0.3) is 0 Å². The molecule has 0 amide bonds. The molecule has 0 aromatic carbocycles. The van der Waals surface area contributed by atoms with Crippen LogP contribution >= 0.6 is 22.6 Å². The molecular formula is C13H22IN3O. The molecule has 0 saturated heterocycles. The van der Waals surface area contributed by atoms with E-state index in [0.717, 1.165) is 28.2 Å². The van der Waals surface area contributed by atoms with Gasteiger partial charge in [0, 0.05) is 19.9 Å². The summed E-state index contributed by atoms with van der Waals surface area (Å²) in [5.41, 5.74) is -0.0242. The first kappa shape index (κ1) is 15.6. The van der Waals surface area contributed by atoms with E-state index >= 15 is 0 Å². The summed E-state index contributed by atoms with van der Waals surface area (Å²) in [7, 11) is 1.70. The minimum atomic E-state index is -0.100. The highest BCUT2D eigenvalue weighted by Crippen LogP contribution is 2.34. The molecule has 0 fully saturated rings. The number of anilines is 1. The SMILES string of the molecule is CCCNc1nc(C(OC)C(C)(C)C)ncc1I. The largest absolute Gasteiger partial charge is 0.373 e. The molecule has 1 aromatic rings. The molecule has 102 valence electrons. The highest BCUT2D eigenvalue weighted by atomic mass is 127. The van der Waals surface area contributed by atoms with Crippen LogP contribution in [0.1, 0.15) is 46.0 Å². The van der Waals surface area contributed by atoms with Crippen LogP contribution in [0.5, 0.6) is 0 Å². The lowest BCUT2D eigenvalue weighted by molar-refractivity contribution is 0.00872. The first-order chi connectivity index (χ1) is 8.40. The van der Waals surface area contributed by atoms with Crippen LogP contribution in [0, 0.1) is 8.99 Å². The fraction of sp³-hybridized carbons (Fsp3) is 0.692. The Hall–Kier alpha value is -0.430. The zero-order chi connectivity index (χ0) is 13.8.